The third-order valence-electron chi connectivity index (χ3n) is 5.18. The molecule has 0 aliphatic carbocycles. The number of halogens is 1. The van der Waals surface area contributed by atoms with E-state index in [0.717, 1.165) is 21.4 Å². The monoisotopic (exact) mass is 526 g/mol. The number of aromatic nitrogens is 1. The molecule has 168 valence electrons. The number of fused-ring (bicyclic) bond motifs is 1. The molecule has 0 fully saturated rings. The molecule has 0 saturated heterocycles. The van der Waals surface area contributed by atoms with Gasteiger partial charge in [-0.15, -0.1) is 0 Å². The van der Waals surface area contributed by atoms with Crippen LogP contribution in [0.2, 0.25) is 0 Å². The molecular formula is C24H19BrN2O5S. The number of carbonyl (C=O) groups is 2. The minimum Gasteiger partial charge on any atom is -0.478 e. The van der Waals surface area contributed by atoms with Crippen LogP contribution in [-0.2, 0) is 9.53 Å². The number of hydrogen-bond acceptors (Lipinski definition) is 6. The molecule has 1 unspecified atom stereocenters. The van der Waals surface area contributed by atoms with E-state index in [1.165, 1.54) is 10.6 Å². The van der Waals surface area contributed by atoms with Crippen LogP contribution in [0.5, 0.6) is 0 Å². The molecule has 7 nitrogen and oxygen atoms in total. The Kier molecular flexibility index (Phi) is 6.44. The lowest BCUT2D eigenvalue weighted by molar-refractivity contribution is -0.139. The highest BCUT2D eigenvalue weighted by atomic mass is 79.9. The van der Waals surface area contributed by atoms with Crippen LogP contribution in [0.1, 0.15) is 41.4 Å². The lowest BCUT2D eigenvalue weighted by atomic mass is 9.96. The number of carboxylic acids is 1. The molecule has 0 saturated carbocycles. The molecule has 9 heteroatoms. The molecule has 0 spiro atoms. The lowest BCUT2D eigenvalue weighted by Crippen LogP contribution is -2.39. The summed E-state index contributed by atoms with van der Waals surface area (Å²) in [5.41, 5.74) is 1.65. The first-order valence-electron chi connectivity index (χ1n) is 10.1. The summed E-state index contributed by atoms with van der Waals surface area (Å²) in [4.78, 5) is 42.9. The van der Waals surface area contributed by atoms with Crippen molar-refractivity contribution in [2.45, 2.75) is 19.9 Å². The molecule has 1 aliphatic heterocycles. The van der Waals surface area contributed by atoms with Crippen LogP contribution in [-0.4, -0.2) is 28.2 Å². The van der Waals surface area contributed by atoms with Gasteiger partial charge in [-0.05, 0) is 49.2 Å². The van der Waals surface area contributed by atoms with Gasteiger partial charge < -0.3 is 9.84 Å². The molecule has 1 aromatic heterocycles. The van der Waals surface area contributed by atoms with E-state index in [0.29, 0.717) is 26.2 Å². The van der Waals surface area contributed by atoms with Gasteiger partial charge in [0.2, 0.25) is 0 Å². The number of carboxylic acid groups (broad SMARTS) is 1. The summed E-state index contributed by atoms with van der Waals surface area (Å²) in [5.74, 6) is -1.61. The molecule has 1 aliphatic rings. The highest BCUT2D eigenvalue weighted by Gasteiger charge is 2.33. The summed E-state index contributed by atoms with van der Waals surface area (Å²) >= 11 is 4.56. The largest absolute Gasteiger partial charge is 0.478 e. The first-order valence-corrected chi connectivity index (χ1v) is 11.7. The number of esters is 1. The number of rotatable bonds is 5. The smallest absolute Gasteiger partial charge is 0.338 e. The van der Waals surface area contributed by atoms with Gasteiger partial charge in [0, 0.05) is 4.47 Å². The Hall–Kier alpha value is -3.30. The summed E-state index contributed by atoms with van der Waals surface area (Å²) in [5, 5.41) is 9.49. The Morgan fingerprint density at radius 1 is 1.21 bits per heavy atom. The van der Waals surface area contributed by atoms with E-state index in [9.17, 15) is 19.5 Å². The molecule has 4 rings (SSSR count). The van der Waals surface area contributed by atoms with Gasteiger partial charge in [-0.25, -0.2) is 14.6 Å². The number of carbonyl (C=O) groups excluding carboxylic acids is 1. The predicted octanol–water partition coefficient (Wildman–Crippen LogP) is 3.26. The number of nitrogens with zero attached hydrogens (tertiary/aromatic N) is 2. The second-order valence-corrected chi connectivity index (χ2v) is 9.17. The lowest BCUT2D eigenvalue weighted by Gasteiger charge is -2.24. The standard InChI is InChI=1S/C24H19BrN2O5S/c1-3-32-23(31)19-13(2)26-24-27(20(19)14-8-10-16(25)11-9-14)21(28)18(33-24)12-15-6-4-5-7-17(15)22(29)30/h4-12,20H,3H2,1-2H3,(H,29,30). The van der Waals surface area contributed by atoms with E-state index in [4.69, 9.17) is 4.74 Å². The zero-order valence-corrected chi connectivity index (χ0v) is 20.1. The maximum absolute atomic E-state index is 13.5. The summed E-state index contributed by atoms with van der Waals surface area (Å²) in [6, 6.07) is 13.1. The molecular weight excluding hydrogens is 508 g/mol. The minimum atomic E-state index is -1.08. The maximum atomic E-state index is 13.5. The van der Waals surface area contributed by atoms with Crippen molar-refractivity contribution >= 4 is 45.3 Å². The van der Waals surface area contributed by atoms with E-state index in [2.05, 4.69) is 20.9 Å². The predicted molar refractivity (Wildman–Crippen MR) is 128 cm³/mol. The van der Waals surface area contributed by atoms with Crippen LogP contribution < -0.4 is 14.9 Å². The number of hydrogen-bond donors (Lipinski definition) is 1. The Labute approximate surface area is 201 Å². The van der Waals surface area contributed by atoms with E-state index < -0.39 is 18.0 Å². The zero-order chi connectivity index (χ0) is 23.7. The average Bonchev–Trinajstić information content (AvgIpc) is 3.08. The average molecular weight is 527 g/mol. The number of allylic oxidation sites excluding steroid dienone is 1. The molecule has 2 aromatic carbocycles. The van der Waals surface area contributed by atoms with Crippen LogP contribution in [0.4, 0.5) is 0 Å². The second kappa shape index (κ2) is 9.29. The van der Waals surface area contributed by atoms with Gasteiger partial charge in [0.15, 0.2) is 4.80 Å². The zero-order valence-electron chi connectivity index (χ0n) is 17.7. The molecule has 0 bridgehead atoms. The van der Waals surface area contributed by atoms with Crippen molar-refractivity contribution in [3.05, 3.63) is 101 Å². The SMILES string of the molecule is CCOC(=O)C1=C(C)N=c2sc(=Cc3ccccc3C(=O)O)c(=O)n2C1c1ccc(Br)cc1. The van der Waals surface area contributed by atoms with Crippen LogP contribution in [0.15, 0.2) is 74.1 Å². The fourth-order valence-corrected chi connectivity index (χ4v) is 5.01. The first-order chi connectivity index (χ1) is 15.8. The molecule has 0 radical (unpaired) electrons. The summed E-state index contributed by atoms with van der Waals surface area (Å²) in [6.45, 7) is 3.63. The highest BCUT2D eigenvalue weighted by molar-refractivity contribution is 9.10. The van der Waals surface area contributed by atoms with E-state index in [-0.39, 0.29) is 17.7 Å². The quantitative estimate of drug-likeness (QED) is 0.514. The third kappa shape index (κ3) is 4.34. The van der Waals surface area contributed by atoms with Crippen LogP contribution in [0.25, 0.3) is 6.08 Å². The van der Waals surface area contributed by atoms with Gasteiger partial charge in [-0.2, -0.15) is 0 Å². The molecule has 1 atom stereocenters. The topological polar surface area (TPSA) is 98.0 Å². The number of aromatic carboxylic acids is 1. The van der Waals surface area contributed by atoms with Gasteiger partial charge in [-0.3, -0.25) is 9.36 Å². The van der Waals surface area contributed by atoms with Crippen molar-refractivity contribution in [1.82, 2.24) is 4.57 Å². The highest BCUT2D eigenvalue weighted by Crippen LogP contribution is 2.31. The van der Waals surface area contributed by atoms with Gasteiger partial charge >= 0.3 is 11.9 Å². The van der Waals surface area contributed by atoms with E-state index >= 15 is 0 Å². The minimum absolute atomic E-state index is 0.0937. The van der Waals surface area contributed by atoms with Crippen LogP contribution in [0, 0.1) is 0 Å². The normalized spacial score (nSPS) is 15.7. The van der Waals surface area contributed by atoms with Crippen LogP contribution >= 0.6 is 27.3 Å². The van der Waals surface area contributed by atoms with Crippen molar-refractivity contribution in [2.24, 2.45) is 4.99 Å². The van der Waals surface area contributed by atoms with E-state index in [1.54, 1.807) is 38.1 Å². The molecule has 2 heterocycles. The molecule has 0 amide bonds. The fraction of sp³-hybridized carbons (Fsp3) is 0.167. The molecule has 33 heavy (non-hydrogen) atoms. The van der Waals surface area contributed by atoms with Gasteiger partial charge in [0.25, 0.3) is 5.56 Å². The second-order valence-electron chi connectivity index (χ2n) is 7.25. The number of ether oxygens (including phenoxy) is 1. The van der Waals surface area contributed by atoms with Gasteiger partial charge in [0.1, 0.15) is 0 Å². The number of thiazole rings is 1. The van der Waals surface area contributed by atoms with Gasteiger partial charge in [0.05, 0.1) is 34.0 Å². The maximum Gasteiger partial charge on any atom is 0.338 e. The van der Waals surface area contributed by atoms with Crippen molar-refractivity contribution < 1.29 is 19.4 Å². The molecule has 1 N–H and O–H groups in total. The number of benzene rings is 2. The summed E-state index contributed by atoms with van der Waals surface area (Å²) < 4.78 is 7.94. The van der Waals surface area contributed by atoms with Gasteiger partial charge in [-0.1, -0.05) is 57.6 Å². The fourth-order valence-electron chi connectivity index (χ4n) is 3.71. The third-order valence-corrected chi connectivity index (χ3v) is 6.69. The summed E-state index contributed by atoms with van der Waals surface area (Å²) in [7, 11) is 0. The van der Waals surface area contributed by atoms with Crippen molar-refractivity contribution in [3.8, 4) is 0 Å². The Bertz CT molecular complexity index is 1470. The van der Waals surface area contributed by atoms with E-state index in [1.807, 2.05) is 24.3 Å². The van der Waals surface area contributed by atoms with Crippen molar-refractivity contribution in [1.29, 1.82) is 0 Å². The Morgan fingerprint density at radius 2 is 1.91 bits per heavy atom. The first kappa shape index (κ1) is 22.9. The summed E-state index contributed by atoms with van der Waals surface area (Å²) in [6.07, 6.45) is 1.55. The van der Waals surface area contributed by atoms with Crippen molar-refractivity contribution in [3.63, 3.8) is 0 Å². The molecule has 3 aromatic rings. The van der Waals surface area contributed by atoms with Crippen LogP contribution in [0.3, 0.4) is 0 Å². The van der Waals surface area contributed by atoms with Crippen molar-refractivity contribution in [2.75, 3.05) is 6.61 Å². The Morgan fingerprint density at radius 3 is 2.58 bits per heavy atom. The Balaban J connectivity index is 1.98.